The van der Waals surface area contributed by atoms with Crippen LogP contribution in [0.5, 0.6) is 5.75 Å². The summed E-state index contributed by atoms with van der Waals surface area (Å²) < 4.78 is 5.93. The number of likely N-dealkylation sites (tertiary alicyclic amines) is 1. The van der Waals surface area contributed by atoms with Crippen molar-refractivity contribution in [3.63, 3.8) is 0 Å². The molecule has 5 nitrogen and oxygen atoms in total. The molecule has 6 heteroatoms. The molecule has 0 aromatic heterocycles. The molecule has 0 unspecified atom stereocenters. The zero-order valence-corrected chi connectivity index (χ0v) is 19.4. The molecule has 2 atom stereocenters. The molecule has 4 rings (SSSR count). The first-order chi connectivity index (χ1) is 15.5. The minimum atomic E-state index is -0.235. The van der Waals surface area contributed by atoms with Crippen LogP contribution in [0, 0.1) is 11.8 Å². The lowest BCUT2D eigenvalue weighted by atomic mass is 9.75. The quantitative estimate of drug-likeness (QED) is 0.579. The number of halogens is 1. The standard InChI is InChI=1S/C26H31ClN2O3/c1-2-15-32-24-16-22(28-25(30)19-7-9-21(27)10-8-19)11-12-23(24)26(31)29-14-13-18-5-3-4-6-20(18)17-29/h7-12,16,18,20H,2-6,13-15,17H2,1H3,(H,28,30)/t18-,20+/m1/s1. The molecular weight excluding hydrogens is 424 g/mol. The summed E-state index contributed by atoms with van der Waals surface area (Å²) in [5, 5.41) is 3.47. The number of ether oxygens (including phenoxy) is 1. The number of rotatable bonds is 6. The van der Waals surface area contributed by atoms with E-state index in [0.29, 0.717) is 40.1 Å². The van der Waals surface area contributed by atoms with Crippen molar-refractivity contribution >= 4 is 29.1 Å². The molecule has 0 bridgehead atoms. The third-order valence-electron chi connectivity index (χ3n) is 6.62. The zero-order valence-electron chi connectivity index (χ0n) is 18.6. The van der Waals surface area contributed by atoms with Crippen molar-refractivity contribution in [3.8, 4) is 5.75 Å². The normalized spacial score (nSPS) is 20.4. The van der Waals surface area contributed by atoms with Crippen LogP contribution in [0.4, 0.5) is 5.69 Å². The summed E-state index contributed by atoms with van der Waals surface area (Å²) in [5.41, 5.74) is 1.68. The predicted octanol–water partition coefficient (Wildman–Crippen LogP) is 6.03. The summed E-state index contributed by atoms with van der Waals surface area (Å²) in [7, 11) is 0. The van der Waals surface area contributed by atoms with Gasteiger partial charge in [-0.3, -0.25) is 9.59 Å². The Morgan fingerprint density at radius 3 is 2.56 bits per heavy atom. The number of fused-ring (bicyclic) bond motifs is 1. The third kappa shape index (κ3) is 5.26. The van der Waals surface area contributed by atoms with Crippen LogP contribution >= 0.6 is 11.6 Å². The first kappa shape index (κ1) is 22.7. The number of piperidine rings is 1. The number of carbonyl (C=O) groups excluding carboxylic acids is 2. The SMILES string of the molecule is CCCOc1cc(NC(=O)c2ccc(Cl)cc2)ccc1C(=O)N1CC[C@H]2CCCC[C@H]2C1. The molecule has 1 aliphatic heterocycles. The maximum Gasteiger partial charge on any atom is 0.257 e. The predicted molar refractivity (Wildman–Crippen MR) is 128 cm³/mol. The van der Waals surface area contributed by atoms with Crippen LogP contribution in [0.1, 0.15) is 66.2 Å². The lowest BCUT2D eigenvalue weighted by Gasteiger charge is -2.41. The van der Waals surface area contributed by atoms with Crippen LogP contribution in [0.25, 0.3) is 0 Å². The van der Waals surface area contributed by atoms with Crippen LogP contribution in [-0.2, 0) is 0 Å². The van der Waals surface area contributed by atoms with Crippen molar-refractivity contribution in [3.05, 3.63) is 58.6 Å². The minimum absolute atomic E-state index is 0.0238. The molecule has 2 fully saturated rings. The van der Waals surface area contributed by atoms with E-state index in [4.69, 9.17) is 16.3 Å². The second-order valence-electron chi connectivity index (χ2n) is 8.86. The maximum atomic E-state index is 13.4. The van der Waals surface area contributed by atoms with Crippen LogP contribution in [0.3, 0.4) is 0 Å². The Hall–Kier alpha value is -2.53. The second-order valence-corrected chi connectivity index (χ2v) is 9.30. The number of carbonyl (C=O) groups is 2. The Morgan fingerprint density at radius 2 is 1.81 bits per heavy atom. The highest BCUT2D eigenvalue weighted by atomic mass is 35.5. The van der Waals surface area contributed by atoms with Gasteiger partial charge in [0.2, 0.25) is 0 Å². The molecule has 1 heterocycles. The molecule has 2 amide bonds. The van der Waals surface area contributed by atoms with Gasteiger partial charge in [0, 0.05) is 35.4 Å². The Kier molecular flexibility index (Phi) is 7.36. The molecule has 2 aromatic carbocycles. The van der Waals surface area contributed by atoms with Gasteiger partial charge in [-0.05, 0) is 67.5 Å². The van der Waals surface area contributed by atoms with Gasteiger partial charge in [-0.15, -0.1) is 0 Å². The Balaban J connectivity index is 1.50. The number of hydrogen-bond donors (Lipinski definition) is 1. The van der Waals surface area contributed by atoms with E-state index in [9.17, 15) is 9.59 Å². The van der Waals surface area contributed by atoms with E-state index in [-0.39, 0.29) is 11.8 Å². The summed E-state index contributed by atoms with van der Waals surface area (Å²) in [5.74, 6) is 1.71. The summed E-state index contributed by atoms with van der Waals surface area (Å²) in [6, 6.07) is 12.0. The van der Waals surface area contributed by atoms with E-state index >= 15 is 0 Å². The van der Waals surface area contributed by atoms with Gasteiger partial charge in [0.05, 0.1) is 12.2 Å². The number of nitrogens with zero attached hydrogens (tertiary/aromatic N) is 1. The van der Waals surface area contributed by atoms with Crippen molar-refractivity contribution in [2.24, 2.45) is 11.8 Å². The van der Waals surface area contributed by atoms with Gasteiger partial charge in [-0.2, -0.15) is 0 Å². The first-order valence-electron chi connectivity index (χ1n) is 11.7. The molecule has 1 aliphatic carbocycles. The number of benzene rings is 2. The number of amides is 2. The monoisotopic (exact) mass is 454 g/mol. The van der Waals surface area contributed by atoms with Crippen LogP contribution in [0.2, 0.25) is 5.02 Å². The van der Waals surface area contributed by atoms with E-state index in [2.05, 4.69) is 5.32 Å². The van der Waals surface area contributed by atoms with E-state index in [1.54, 1.807) is 42.5 Å². The van der Waals surface area contributed by atoms with Crippen LogP contribution in [0.15, 0.2) is 42.5 Å². The van der Waals surface area contributed by atoms with Gasteiger partial charge < -0.3 is 15.0 Å². The van der Waals surface area contributed by atoms with Crippen molar-refractivity contribution in [1.82, 2.24) is 4.90 Å². The highest BCUT2D eigenvalue weighted by molar-refractivity contribution is 6.30. The lowest BCUT2D eigenvalue weighted by molar-refractivity contribution is 0.0517. The van der Waals surface area contributed by atoms with Gasteiger partial charge in [0.1, 0.15) is 5.75 Å². The number of nitrogens with one attached hydrogen (secondary N) is 1. The molecule has 1 saturated heterocycles. The van der Waals surface area contributed by atoms with Gasteiger partial charge in [-0.25, -0.2) is 0 Å². The molecule has 2 aromatic rings. The zero-order chi connectivity index (χ0) is 22.5. The average molecular weight is 455 g/mol. The molecule has 32 heavy (non-hydrogen) atoms. The average Bonchev–Trinajstić information content (AvgIpc) is 2.82. The molecule has 1 N–H and O–H groups in total. The fourth-order valence-electron chi connectivity index (χ4n) is 4.87. The molecule has 1 saturated carbocycles. The van der Waals surface area contributed by atoms with Crippen molar-refractivity contribution in [2.75, 3.05) is 25.0 Å². The molecule has 0 radical (unpaired) electrons. The summed E-state index contributed by atoms with van der Waals surface area (Å²) in [6.07, 6.45) is 7.06. The Labute approximate surface area is 195 Å². The fourth-order valence-corrected chi connectivity index (χ4v) is 4.99. The highest BCUT2D eigenvalue weighted by Gasteiger charge is 2.34. The minimum Gasteiger partial charge on any atom is -0.493 e. The summed E-state index contributed by atoms with van der Waals surface area (Å²) >= 11 is 5.91. The Bertz CT molecular complexity index is 960. The second kappa shape index (κ2) is 10.4. The molecule has 0 spiro atoms. The van der Waals surface area contributed by atoms with E-state index in [0.717, 1.165) is 31.8 Å². The lowest BCUT2D eigenvalue weighted by Crippen LogP contribution is -2.44. The summed E-state index contributed by atoms with van der Waals surface area (Å²) in [6.45, 7) is 4.19. The van der Waals surface area contributed by atoms with E-state index in [1.165, 1.54) is 25.7 Å². The maximum absolute atomic E-state index is 13.4. The van der Waals surface area contributed by atoms with Crippen molar-refractivity contribution in [2.45, 2.75) is 45.4 Å². The first-order valence-corrected chi connectivity index (χ1v) is 12.1. The summed E-state index contributed by atoms with van der Waals surface area (Å²) in [4.78, 5) is 28.0. The fraction of sp³-hybridized carbons (Fsp3) is 0.462. The topological polar surface area (TPSA) is 58.6 Å². The molecule has 170 valence electrons. The highest BCUT2D eigenvalue weighted by Crippen LogP contribution is 2.37. The van der Waals surface area contributed by atoms with Gasteiger partial charge in [0.25, 0.3) is 11.8 Å². The smallest absolute Gasteiger partial charge is 0.257 e. The van der Waals surface area contributed by atoms with Gasteiger partial charge in [-0.1, -0.05) is 37.8 Å². The van der Waals surface area contributed by atoms with Crippen LogP contribution in [-0.4, -0.2) is 36.4 Å². The van der Waals surface area contributed by atoms with Gasteiger partial charge >= 0.3 is 0 Å². The molecule has 2 aliphatic rings. The van der Waals surface area contributed by atoms with Gasteiger partial charge in [0.15, 0.2) is 0 Å². The number of anilines is 1. The third-order valence-corrected chi connectivity index (χ3v) is 6.87. The Morgan fingerprint density at radius 1 is 1.06 bits per heavy atom. The largest absolute Gasteiger partial charge is 0.493 e. The van der Waals surface area contributed by atoms with E-state index in [1.807, 2.05) is 11.8 Å². The van der Waals surface area contributed by atoms with Crippen molar-refractivity contribution in [1.29, 1.82) is 0 Å². The number of hydrogen-bond acceptors (Lipinski definition) is 3. The molecular formula is C26H31ClN2O3. The van der Waals surface area contributed by atoms with Crippen LogP contribution < -0.4 is 10.1 Å². The van der Waals surface area contributed by atoms with Crippen molar-refractivity contribution < 1.29 is 14.3 Å². The van der Waals surface area contributed by atoms with E-state index < -0.39 is 0 Å².